The minimum atomic E-state index is -1.33. The molecule has 2 amide bonds. The zero-order valence-corrected chi connectivity index (χ0v) is 90.6. The first-order valence-corrected chi connectivity index (χ1v) is 56.1. The van der Waals surface area contributed by atoms with Crippen molar-refractivity contribution < 1.29 is 121 Å². The fourth-order valence-electron chi connectivity index (χ4n) is 36.0. The normalized spacial score (nSPS) is 47.0. The molecule has 22 rings (SSSR count). The Morgan fingerprint density at radius 3 is 1.01 bits per heavy atom. The molecule has 6 aliphatic heterocycles. The number of nitrogens with two attached hydrogens (primary N) is 3. The van der Waals surface area contributed by atoms with Crippen molar-refractivity contribution in [1.82, 2.24) is 10.6 Å². The first kappa shape index (κ1) is 111. The largest absolute Gasteiger partial charge is 0.395 e. The van der Waals surface area contributed by atoms with Crippen LogP contribution in [0.4, 0.5) is 0 Å². The van der Waals surface area contributed by atoms with Gasteiger partial charge in [0.25, 0.3) is 0 Å². The van der Waals surface area contributed by atoms with E-state index < -0.39 is 69.6 Å². The fourth-order valence-corrected chi connectivity index (χ4v) is 36.0. The van der Waals surface area contributed by atoms with Gasteiger partial charge in [-0.3, -0.25) is 19.2 Å². The highest BCUT2D eigenvalue weighted by molar-refractivity contribution is 6.07. The molecule has 6 spiro atoms. The van der Waals surface area contributed by atoms with Crippen molar-refractivity contribution in [2.24, 2.45) is 171 Å². The highest BCUT2D eigenvalue weighted by Gasteiger charge is 2.82. The quantitative estimate of drug-likeness (QED) is 0.0335. The number of carbonyl (C=O) groups is 4. The molecular formula is C115H174N8O25. The van der Waals surface area contributed by atoms with Gasteiger partial charge in [0.05, 0.1) is 31.0 Å². The number of carbonyl (C=O) groups excluding carboxylic acids is 4. The lowest BCUT2D eigenvalue weighted by molar-refractivity contribution is -0.257. The van der Waals surface area contributed by atoms with Crippen LogP contribution < -0.4 is 28.0 Å². The number of aliphatic hydroxyl groups is 5. The molecule has 0 aromatic heterocycles. The van der Waals surface area contributed by atoms with Crippen LogP contribution in [0.5, 0.6) is 0 Å². The van der Waals surface area contributed by atoms with Crippen molar-refractivity contribution in [1.29, 1.82) is 0 Å². The maximum absolute atomic E-state index is 12.8. The number of ether oxygens (including phenoxy) is 12. The van der Waals surface area contributed by atoms with E-state index in [1.165, 1.54) is 36.1 Å². The van der Waals surface area contributed by atoms with Crippen LogP contribution in [0.15, 0.2) is 111 Å². The lowest BCUT2D eigenvalue weighted by atomic mass is 9.44. The third-order valence-electron chi connectivity index (χ3n) is 42.2. The predicted molar refractivity (Wildman–Crippen MR) is 551 cm³/mol. The number of fused-ring (bicyclic) bond motifs is 26. The van der Waals surface area contributed by atoms with Crippen molar-refractivity contribution >= 4 is 40.5 Å². The van der Waals surface area contributed by atoms with Gasteiger partial charge >= 0.3 is 0 Å². The second kappa shape index (κ2) is 43.4. The van der Waals surface area contributed by atoms with Crippen molar-refractivity contribution in [2.45, 2.75) is 329 Å². The predicted octanol–water partition coefficient (Wildman–Crippen LogP) is 13.7. The van der Waals surface area contributed by atoms with Gasteiger partial charge in [-0.15, -0.1) is 0 Å². The number of Topliss-reactive ketones (excluding diaryl/α,β-unsaturated/α-hetero) is 1. The van der Waals surface area contributed by atoms with Gasteiger partial charge < -0.3 is 124 Å². The van der Waals surface area contributed by atoms with E-state index in [2.05, 4.69) is 162 Å². The van der Waals surface area contributed by atoms with Crippen LogP contribution >= 0.6 is 0 Å². The summed E-state index contributed by atoms with van der Waals surface area (Å²) in [5, 5.41) is 77.3. The van der Waals surface area contributed by atoms with Crippen LogP contribution in [0.3, 0.4) is 0 Å². The Balaban J connectivity index is 0.000000127. The standard InChI is InChI=1S/C30H44N2O7.C29H44N2O5.C28H42N2O6.C24H32O6.C4H12N2O/c1-19-13-22-23-8-10-29(30(38-18-36-29)16-35-17-37-30)28(23,4)15-25(34)26(22)27(3)9-7-21(14-24(19)27)32-39-12-6-5-11-31-20(2)33;1-6-25(34)29(35)12-10-22-21-15-18(2)23-16-20(31-36-14-8-7-13-30-19(3)32)9-11-27(23,4)26(21)24(33)17-28(22,29)5;1-18-12-20-21-7-9-27(28(35-17-33-27)15-32-16-34-28)26(21,3)14-23(31)24(20)25(2)8-6-19(13-22(18)25)30-36-11-5-4-10-29;1-14-8-16-17-5-7-23(24(30-13-28-23)11-27-12-29-24)22(17,3)10-19(26)20(16)21(2)6-4-15(25)9-18(14)21;5-3-1-2-4-7-6/h7,9,14,19,22-23,25-26,34H,5-6,8,10-13,15-18H2,1-4H3,(H,31,33);9,11,16,18,21-22,24,26,33,35H,6-8,10,12-15,17H2,1-5H3,(H,30,32);6,8,13,18,20-21,23-24,31H,4-5,7,9-12,14-17,29H2,1-3H3;4,6,9,14,16-17,19-20,26H,5,7-8,10-13H2,1-3H3;1-6H2/b32-21+;31-20+;30-19+;;/t19-,22-,23-,25-,26+,27-,28-,29+,30?;18-,21-,22-,24-,26+,27-,28-,29-;18-,20-,21-,23-,24+,25-,26-,27+,28?;14-,16-,17-,19-,20+,21-,22-,23+,24?;/m0000./s1. The minimum absolute atomic E-state index is 0.00981. The van der Waals surface area contributed by atoms with Crippen LogP contribution in [-0.4, -0.2) is 243 Å². The molecule has 33 nitrogen and oxygen atoms in total. The summed E-state index contributed by atoms with van der Waals surface area (Å²) in [6, 6.07) is 0. The molecule has 13 N–H and O–H groups in total. The average Bonchev–Trinajstić information content (AvgIpc) is 1.51. The van der Waals surface area contributed by atoms with Crippen LogP contribution in [0.2, 0.25) is 0 Å². The van der Waals surface area contributed by atoms with Crippen molar-refractivity contribution in [3.05, 3.63) is 95.2 Å². The molecule has 0 bridgehead atoms. The maximum Gasteiger partial charge on any atom is 0.226 e. The van der Waals surface area contributed by atoms with E-state index >= 15 is 0 Å². The van der Waals surface area contributed by atoms with Crippen LogP contribution in [0.25, 0.3) is 0 Å². The van der Waals surface area contributed by atoms with Gasteiger partial charge in [0, 0.05) is 100 Å². The van der Waals surface area contributed by atoms with Gasteiger partial charge in [-0.1, -0.05) is 152 Å². The zero-order chi connectivity index (χ0) is 105. The van der Waals surface area contributed by atoms with Gasteiger partial charge in [-0.2, -0.15) is 0 Å². The second-order valence-electron chi connectivity index (χ2n) is 49.6. The fraction of sp³-hybridized carbons (Fsp3) is 0.800. The number of aliphatic hydroxyl groups excluding tert-OH is 4. The lowest BCUT2D eigenvalue weighted by Gasteiger charge is -2.62. The number of rotatable bonds is 23. The topological polar surface area (TPSA) is 456 Å². The van der Waals surface area contributed by atoms with Gasteiger partial charge in [0.15, 0.2) is 52.3 Å². The number of hydrogen-bond donors (Lipinski definition) is 10. The maximum atomic E-state index is 12.8. The SMILES string of the molecule is CC(=O)NCCCCO/N=C1\C=C[C@@]2(C)C(=C1)[C@@H](C)C[C@@H]1[C@@H]2[C@@H](O)C[C@@]2(C)[C@H]1CC[C@@]21OCOC12COCO2.CCC(=O)[C@@]1(O)CC[C@H]2[C@@H]3C[C@H](C)C4=C/C(=N/OCCCCNC(C)=O)C=C[C@]4(C)[C@H]3[C@@H](O)C[C@@]21C.C[C@H]1C[C@@H]2[C@H]([C@@H](O)C[C@@]3(C)[C@H]2CC[C@@]32OCOC23COCO3)[C@@]2(C)C=C/C(=N\OCCCCN)C=C12.C[C@H]1C[C@@H]2[C@H]([C@@H](O)C[C@@]3(C)[C@H]2CC[C@@]32OCOC23COCO3)[C@@]2(C)C=CC(=O)C=C12.NCCCCON. The van der Waals surface area contributed by atoms with Crippen LogP contribution in [-0.2, 0) is 95.4 Å². The molecule has 18 fully saturated rings. The highest BCUT2D eigenvalue weighted by Crippen LogP contribution is 2.77. The number of hydrogen-bond acceptors (Lipinski definition) is 31. The number of amides is 2. The first-order chi connectivity index (χ1) is 70.6. The first-order valence-electron chi connectivity index (χ1n) is 56.1. The molecule has 33 heteroatoms. The Morgan fingerprint density at radius 1 is 0.405 bits per heavy atom. The number of nitrogens with one attached hydrogen (secondary N) is 2. The molecule has 16 aliphatic carbocycles. The third-order valence-corrected chi connectivity index (χ3v) is 42.2. The van der Waals surface area contributed by atoms with Gasteiger partial charge in [-0.25, -0.2) is 5.90 Å². The number of oxime groups is 3. The Labute approximate surface area is 875 Å². The van der Waals surface area contributed by atoms with Crippen molar-refractivity contribution in [2.75, 3.05) is 113 Å². The smallest absolute Gasteiger partial charge is 0.226 e. The highest BCUT2D eigenvalue weighted by atomic mass is 16.9. The Bertz CT molecular complexity index is 5150. The summed E-state index contributed by atoms with van der Waals surface area (Å²) in [7, 11) is 0. The van der Waals surface area contributed by atoms with E-state index in [9.17, 15) is 44.7 Å². The van der Waals surface area contributed by atoms with E-state index in [4.69, 9.17) is 88.7 Å². The average molecular weight is 2070 g/mol. The lowest BCUT2D eigenvalue weighted by Crippen LogP contribution is -2.66. The molecule has 6 saturated heterocycles. The number of ketones is 2. The molecule has 824 valence electrons. The molecule has 22 aliphatic rings. The van der Waals surface area contributed by atoms with Gasteiger partial charge in [0.1, 0.15) is 79.2 Å². The van der Waals surface area contributed by atoms with E-state index in [1.54, 1.807) is 6.08 Å². The summed E-state index contributed by atoms with van der Waals surface area (Å²) in [5.74, 6) is 6.66. The summed E-state index contributed by atoms with van der Waals surface area (Å²) in [6.07, 6.45) is 43.9. The molecule has 3 unspecified atom stereocenters. The van der Waals surface area contributed by atoms with E-state index in [1.807, 2.05) is 26.0 Å². The van der Waals surface area contributed by atoms with E-state index in [-0.39, 0.29) is 138 Å². The van der Waals surface area contributed by atoms with Gasteiger partial charge in [0.2, 0.25) is 29.2 Å². The third kappa shape index (κ3) is 18.4. The minimum Gasteiger partial charge on any atom is -0.395 e. The molecule has 6 heterocycles. The summed E-state index contributed by atoms with van der Waals surface area (Å²) >= 11 is 0. The molecule has 148 heavy (non-hydrogen) atoms. The van der Waals surface area contributed by atoms with E-state index in [0.29, 0.717) is 164 Å². The van der Waals surface area contributed by atoms with Gasteiger partial charge in [-0.05, 0) is 287 Å². The van der Waals surface area contributed by atoms with Crippen LogP contribution in [0, 0.1) is 138 Å². The Hall–Kier alpha value is -6.23. The second-order valence-corrected chi connectivity index (χ2v) is 49.6. The summed E-state index contributed by atoms with van der Waals surface area (Å²) in [5.41, 5.74) is 12.9. The molecule has 12 saturated carbocycles. The number of unbranched alkanes of at least 4 members (excludes halogenated alkanes) is 4. The van der Waals surface area contributed by atoms with Crippen LogP contribution in [0.1, 0.15) is 264 Å². The number of allylic oxidation sites excluding steroid dienone is 16. The van der Waals surface area contributed by atoms with Crippen molar-refractivity contribution in [3.8, 4) is 0 Å². The molecule has 0 aromatic carbocycles. The summed E-state index contributed by atoms with van der Waals surface area (Å²) in [4.78, 5) is 67.9. The molecule has 35 atom stereocenters. The van der Waals surface area contributed by atoms with E-state index in [0.717, 1.165) is 146 Å². The summed E-state index contributed by atoms with van der Waals surface area (Å²) in [6.45, 7) is 39.3. The molecule has 0 radical (unpaired) electrons. The monoisotopic (exact) mass is 2070 g/mol. The molecular weight excluding hydrogens is 1890 g/mol. The molecule has 0 aromatic rings. The zero-order valence-electron chi connectivity index (χ0n) is 90.6. The number of nitrogens with zero attached hydrogens (tertiary/aromatic N) is 3. The Morgan fingerprint density at radius 2 is 0.703 bits per heavy atom. The van der Waals surface area contributed by atoms with Crippen molar-refractivity contribution in [3.63, 3.8) is 0 Å². The summed E-state index contributed by atoms with van der Waals surface area (Å²) < 4.78 is 72.9. The Kier molecular flexibility index (Phi) is 32.7.